The largest absolute Gasteiger partial charge is 0.299 e. The molecule has 0 saturated heterocycles. The molecule has 102 valence electrons. The molecule has 3 rings (SSSR count). The van der Waals surface area contributed by atoms with Crippen molar-refractivity contribution in [3.05, 3.63) is 35.9 Å². The fourth-order valence-electron chi connectivity index (χ4n) is 4.03. The summed E-state index contributed by atoms with van der Waals surface area (Å²) in [7, 11) is 0. The lowest BCUT2D eigenvalue weighted by atomic mass is 9.70. The van der Waals surface area contributed by atoms with Gasteiger partial charge >= 0.3 is 0 Å². The summed E-state index contributed by atoms with van der Waals surface area (Å²) in [5, 5.41) is 0. The molecule has 0 spiro atoms. The Morgan fingerprint density at radius 1 is 1.26 bits per heavy atom. The van der Waals surface area contributed by atoms with Crippen LogP contribution in [-0.2, 0) is 10.5 Å². The summed E-state index contributed by atoms with van der Waals surface area (Å²) >= 11 is 1.94. The van der Waals surface area contributed by atoms with Crippen molar-refractivity contribution in [1.29, 1.82) is 0 Å². The second-order valence-corrected chi connectivity index (χ2v) is 7.63. The number of rotatable bonds is 4. The van der Waals surface area contributed by atoms with Gasteiger partial charge in [0, 0.05) is 23.3 Å². The number of ketones is 1. The van der Waals surface area contributed by atoms with Crippen LogP contribution < -0.4 is 0 Å². The lowest BCUT2D eigenvalue weighted by molar-refractivity contribution is -0.127. The summed E-state index contributed by atoms with van der Waals surface area (Å²) in [6.07, 6.45) is 3.20. The number of fused-ring (bicyclic) bond motifs is 2. The van der Waals surface area contributed by atoms with E-state index in [1.54, 1.807) is 0 Å². The highest BCUT2D eigenvalue weighted by atomic mass is 32.2. The van der Waals surface area contributed by atoms with Gasteiger partial charge in [-0.05, 0) is 29.7 Å². The van der Waals surface area contributed by atoms with Crippen molar-refractivity contribution in [2.45, 2.75) is 38.9 Å². The first-order valence-electron chi connectivity index (χ1n) is 7.21. The van der Waals surface area contributed by atoms with Crippen LogP contribution in [0.25, 0.3) is 0 Å². The van der Waals surface area contributed by atoms with Gasteiger partial charge in [-0.25, -0.2) is 0 Å². The summed E-state index contributed by atoms with van der Waals surface area (Å²) in [4.78, 5) is 12.4. The first kappa shape index (κ1) is 13.2. The molecule has 0 heterocycles. The van der Waals surface area contributed by atoms with Gasteiger partial charge in [-0.15, -0.1) is 0 Å². The van der Waals surface area contributed by atoms with Gasteiger partial charge < -0.3 is 0 Å². The molecule has 2 saturated carbocycles. The van der Waals surface area contributed by atoms with Gasteiger partial charge in [-0.1, -0.05) is 44.2 Å². The molecule has 19 heavy (non-hydrogen) atoms. The van der Waals surface area contributed by atoms with Gasteiger partial charge in [0.1, 0.15) is 5.78 Å². The Morgan fingerprint density at radius 3 is 2.58 bits per heavy atom. The molecule has 0 aromatic heterocycles. The average molecular weight is 274 g/mol. The van der Waals surface area contributed by atoms with Gasteiger partial charge in [0.25, 0.3) is 0 Å². The maximum Gasteiger partial charge on any atom is 0.140 e. The normalized spacial score (nSPS) is 31.9. The Balaban J connectivity index is 1.68. The Hall–Kier alpha value is -0.760. The van der Waals surface area contributed by atoms with Crippen LogP contribution in [0, 0.1) is 16.7 Å². The van der Waals surface area contributed by atoms with Gasteiger partial charge in [-0.3, -0.25) is 4.79 Å². The van der Waals surface area contributed by atoms with Crippen molar-refractivity contribution in [2.24, 2.45) is 16.7 Å². The van der Waals surface area contributed by atoms with E-state index in [-0.39, 0.29) is 10.8 Å². The Bertz CT molecular complexity index is 479. The van der Waals surface area contributed by atoms with Crippen LogP contribution in [0.4, 0.5) is 0 Å². The van der Waals surface area contributed by atoms with E-state index in [9.17, 15) is 4.79 Å². The van der Waals surface area contributed by atoms with Gasteiger partial charge in [0.15, 0.2) is 0 Å². The van der Waals surface area contributed by atoms with E-state index in [4.69, 9.17) is 0 Å². The van der Waals surface area contributed by atoms with Crippen molar-refractivity contribution in [3.63, 3.8) is 0 Å². The molecule has 1 aromatic rings. The van der Waals surface area contributed by atoms with Crippen molar-refractivity contribution < 1.29 is 4.79 Å². The van der Waals surface area contributed by atoms with E-state index >= 15 is 0 Å². The fraction of sp³-hybridized carbons (Fsp3) is 0.588. The van der Waals surface area contributed by atoms with Crippen LogP contribution in [0.1, 0.15) is 38.7 Å². The number of carbonyl (C=O) groups is 1. The number of hydrogen-bond acceptors (Lipinski definition) is 2. The van der Waals surface area contributed by atoms with E-state index in [1.807, 2.05) is 11.8 Å². The molecule has 2 fully saturated rings. The Labute approximate surface area is 120 Å². The topological polar surface area (TPSA) is 17.1 Å². The Kier molecular flexibility index (Phi) is 3.24. The molecule has 2 aliphatic rings. The first-order chi connectivity index (χ1) is 9.06. The molecule has 1 aromatic carbocycles. The molecular formula is C17H22OS. The standard InChI is InChI=1S/C17H22OS/c1-16(2)14-8-9-17(16,15(18)10-14)12-19-11-13-6-4-3-5-7-13/h3-7,14H,8-12H2,1-2H3/t14-,17-/m1/s1. The van der Waals surface area contributed by atoms with Crippen LogP contribution in [0.5, 0.6) is 0 Å². The first-order valence-corrected chi connectivity index (χ1v) is 8.37. The molecule has 0 unspecified atom stereocenters. The van der Waals surface area contributed by atoms with E-state index < -0.39 is 0 Å². The molecule has 2 heteroatoms. The summed E-state index contributed by atoms with van der Waals surface area (Å²) in [6, 6.07) is 10.6. The quantitative estimate of drug-likeness (QED) is 0.813. The minimum atomic E-state index is -0.0306. The molecule has 0 aliphatic heterocycles. The van der Waals surface area contributed by atoms with E-state index in [0.29, 0.717) is 11.7 Å². The van der Waals surface area contributed by atoms with Crippen molar-refractivity contribution >= 4 is 17.5 Å². The molecule has 0 radical (unpaired) electrons. The van der Waals surface area contributed by atoms with Gasteiger partial charge in [-0.2, -0.15) is 11.8 Å². The second-order valence-electron chi connectivity index (χ2n) is 6.65. The number of thioether (sulfide) groups is 1. The highest BCUT2D eigenvalue weighted by Crippen LogP contribution is 2.64. The third-order valence-corrected chi connectivity index (χ3v) is 6.83. The van der Waals surface area contributed by atoms with E-state index in [1.165, 1.54) is 12.0 Å². The fourth-order valence-corrected chi connectivity index (χ4v) is 5.58. The number of benzene rings is 1. The van der Waals surface area contributed by atoms with Crippen LogP contribution in [-0.4, -0.2) is 11.5 Å². The summed E-state index contributed by atoms with van der Waals surface area (Å²) in [5.41, 5.74) is 1.55. The third-order valence-electron chi connectivity index (χ3n) is 5.60. The second kappa shape index (κ2) is 4.66. The predicted molar refractivity (Wildman–Crippen MR) is 81.2 cm³/mol. The smallest absolute Gasteiger partial charge is 0.140 e. The average Bonchev–Trinajstić information content (AvgIpc) is 2.74. The third kappa shape index (κ3) is 1.96. The minimum Gasteiger partial charge on any atom is -0.299 e. The number of hydrogen-bond donors (Lipinski definition) is 0. The van der Waals surface area contributed by atoms with Crippen LogP contribution in [0.3, 0.4) is 0 Å². The molecule has 2 atom stereocenters. The SMILES string of the molecule is CC1(C)[C@@H]2CC[C@@]1(CSCc1ccccc1)C(=O)C2. The monoisotopic (exact) mass is 274 g/mol. The highest BCUT2D eigenvalue weighted by Gasteiger charge is 2.63. The molecule has 1 nitrogen and oxygen atoms in total. The predicted octanol–water partition coefficient (Wildman–Crippen LogP) is 4.32. The number of carbonyl (C=O) groups excluding carboxylic acids is 1. The number of Topliss-reactive ketones (excluding diaryl/α,β-unsaturated/α-hetero) is 1. The lowest BCUT2D eigenvalue weighted by Gasteiger charge is -2.36. The molecule has 0 N–H and O–H groups in total. The van der Waals surface area contributed by atoms with Crippen molar-refractivity contribution in [2.75, 3.05) is 5.75 Å². The van der Waals surface area contributed by atoms with Crippen LogP contribution >= 0.6 is 11.8 Å². The molecular weight excluding hydrogens is 252 g/mol. The van der Waals surface area contributed by atoms with Crippen molar-refractivity contribution in [3.8, 4) is 0 Å². The highest BCUT2D eigenvalue weighted by molar-refractivity contribution is 7.98. The minimum absolute atomic E-state index is 0.0306. The van der Waals surface area contributed by atoms with Gasteiger partial charge in [0.2, 0.25) is 0 Å². The van der Waals surface area contributed by atoms with E-state index in [0.717, 1.165) is 24.3 Å². The van der Waals surface area contributed by atoms with Crippen LogP contribution in [0.2, 0.25) is 0 Å². The zero-order valence-electron chi connectivity index (χ0n) is 11.8. The summed E-state index contributed by atoms with van der Waals surface area (Å²) in [5.74, 6) is 3.20. The molecule has 2 aliphatic carbocycles. The zero-order valence-corrected chi connectivity index (χ0v) is 12.6. The Morgan fingerprint density at radius 2 is 2.00 bits per heavy atom. The lowest BCUT2D eigenvalue weighted by Crippen LogP contribution is -2.38. The maximum atomic E-state index is 12.4. The summed E-state index contributed by atoms with van der Waals surface area (Å²) in [6.45, 7) is 4.64. The molecule has 0 amide bonds. The zero-order chi connectivity index (χ0) is 13.5. The van der Waals surface area contributed by atoms with Gasteiger partial charge in [0.05, 0.1) is 0 Å². The maximum absolute atomic E-state index is 12.4. The van der Waals surface area contributed by atoms with Crippen LogP contribution in [0.15, 0.2) is 30.3 Å². The van der Waals surface area contributed by atoms with Crippen molar-refractivity contribution in [1.82, 2.24) is 0 Å². The summed E-state index contributed by atoms with van der Waals surface area (Å²) < 4.78 is 0. The molecule has 2 bridgehead atoms. The van der Waals surface area contributed by atoms with E-state index in [2.05, 4.69) is 44.2 Å².